The molecule has 2 heteroatoms. The second-order valence-electron chi connectivity index (χ2n) is 4.01. The summed E-state index contributed by atoms with van der Waals surface area (Å²) in [5.41, 5.74) is 1.30. The Bertz CT molecular complexity index is 503. The van der Waals surface area contributed by atoms with Crippen molar-refractivity contribution in [2.45, 2.75) is 12.5 Å². The number of hydrogen-bond acceptors (Lipinski definition) is 2. The van der Waals surface area contributed by atoms with Gasteiger partial charge in [0.15, 0.2) is 0 Å². The van der Waals surface area contributed by atoms with Gasteiger partial charge in [-0.1, -0.05) is 30.3 Å². The minimum Gasteiger partial charge on any atom is -0.507 e. The topological polar surface area (TPSA) is 32.3 Å². The minimum atomic E-state index is 0.369. The van der Waals surface area contributed by atoms with Crippen molar-refractivity contribution in [2.24, 2.45) is 0 Å². The Hall–Kier alpha value is -1.54. The molecule has 0 spiro atoms. The molecule has 0 radical (unpaired) electrons. The second kappa shape index (κ2) is 3.24. The molecule has 1 atom stereocenters. The van der Waals surface area contributed by atoms with Crippen molar-refractivity contribution in [3.05, 3.63) is 42.0 Å². The van der Waals surface area contributed by atoms with Crippen molar-refractivity contribution >= 4 is 10.8 Å². The highest BCUT2D eigenvalue weighted by Gasteiger charge is 2.20. The number of fused-ring (bicyclic) bond motifs is 1. The first-order valence-corrected chi connectivity index (χ1v) is 5.30. The van der Waals surface area contributed by atoms with Gasteiger partial charge in [0.05, 0.1) is 0 Å². The molecule has 0 bridgehead atoms. The SMILES string of the molecule is Oc1ccc([C@@H]2CCN2)c2ccccc12. The first-order valence-electron chi connectivity index (χ1n) is 5.30. The molecule has 0 aliphatic carbocycles. The van der Waals surface area contributed by atoms with Gasteiger partial charge in [-0.25, -0.2) is 0 Å². The lowest BCUT2D eigenvalue weighted by Gasteiger charge is -2.29. The van der Waals surface area contributed by atoms with E-state index in [1.54, 1.807) is 6.07 Å². The van der Waals surface area contributed by atoms with E-state index in [2.05, 4.69) is 11.4 Å². The molecule has 3 rings (SSSR count). The van der Waals surface area contributed by atoms with Crippen molar-refractivity contribution in [3.8, 4) is 5.75 Å². The Morgan fingerprint density at radius 3 is 2.47 bits per heavy atom. The average molecular weight is 199 g/mol. The van der Waals surface area contributed by atoms with Crippen molar-refractivity contribution in [1.82, 2.24) is 5.32 Å². The highest BCUT2D eigenvalue weighted by Crippen LogP contribution is 2.33. The Labute approximate surface area is 88.5 Å². The van der Waals surface area contributed by atoms with Crippen LogP contribution >= 0.6 is 0 Å². The third-order valence-electron chi connectivity index (χ3n) is 3.13. The van der Waals surface area contributed by atoms with E-state index in [9.17, 15) is 5.11 Å². The number of nitrogens with one attached hydrogen (secondary N) is 1. The summed E-state index contributed by atoms with van der Waals surface area (Å²) in [6, 6.07) is 12.3. The maximum atomic E-state index is 9.75. The van der Waals surface area contributed by atoms with Crippen LogP contribution < -0.4 is 5.32 Å². The summed E-state index contributed by atoms with van der Waals surface area (Å²) in [4.78, 5) is 0. The first kappa shape index (κ1) is 8.74. The van der Waals surface area contributed by atoms with E-state index >= 15 is 0 Å². The molecule has 0 unspecified atom stereocenters. The van der Waals surface area contributed by atoms with Gasteiger partial charge >= 0.3 is 0 Å². The second-order valence-corrected chi connectivity index (χ2v) is 4.01. The van der Waals surface area contributed by atoms with Crippen LogP contribution in [0.25, 0.3) is 10.8 Å². The van der Waals surface area contributed by atoms with E-state index in [0.717, 1.165) is 17.3 Å². The number of benzene rings is 2. The number of aromatic hydroxyl groups is 1. The zero-order valence-corrected chi connectivity index (χ0v) is 8.40. The molecular weight excluding hydrogens is 186 g/mol. The largest absolute Gasteiger partial charge is 0.507 e. The van der Waals surface area contributed by atoms with Crippen molar-refractivity contribution in [2.75, 3.05) is 6.54 Å². The first-order chi connectivity index (χ1) is 7.36. The Kier molecular flexibility index (Phi) is 1.89. The molecule has 1 saturated heterocycles. The molecule has 1 aliphatic rings. The molecule has 1 heterocycles. The highest BCUT2D eigenvalue weighted by molar-refractivity contribution is 5.91. The molecule has 76 valence electrons. The molecule has 2 aromatic carbocycles. The maximum absolute atomic E-state index is 9.75. The summed E-state index contributed by atoms with van der Waals surface area (Å²) in [5, 5.41) is 15.2. The smallest absolute Gasteiger partial charge is 0.123 e. The van der Waals surface area contributed by atoms with Gasteiger partial charge in [-0.05, 0) is 30.0 Å². The molecule has 15 heavy (non-hydrogen) atoms. The molecule has 0 saturated carbocycles. The molecule has 2 nitrogen and oxygen atoms in total. The fraction of sp³-hybridized carbons (Fsp3) is 0.231. The molecule has 0 amide bonds. The lowest BCUT2D eigenvalue weighted by atomic mass is 9.92. The van der Waals surface area contributed by atoms with Crippen LogP contribution in [0, 0.1) is 0 Å². The Morgan fingerprint density at radius 2 is 1.80 bits per heavy atom. The zero-order chi connectivity index (χ0) is 10.3. The summed E-state index contributed by atoms with van der Waals surface area (Å²) in [6.07, 6.45) is 1.19. The van der Waals surface area contributed by atoms with E-state index in [1.807, 2.05) is 24.3 Å². The summed E-state index contributed by atoms with van der Waals surface area (Å²) in [6.45, 7) is 1.10. The van der Waals surface area contributed by atoms with Crippen LogP contribution in [0.1, 0.15) is 18.0 Å². The average Bonchev–Trinajstić information content (AvgIpc) is 2.20. The van der Waals surface area contributed by atoms with E-state index in [0.29, 0.717) is 11.8 Å². The third-order valence-corrected chi connectivity index (χ3v) is 3.13. The van der Waals surface area contributed by atoms with Gasteiger partial charge in [0.2, 0.25) is 0 Å². The van der Waals surface area contributed by atoms with Gasteiger partial charge in [0.1, 0.15) is 5.75 Å². The van der Waals surface area contributed by atoms with Crippen LogP contribution in [0.4, 0.5) is 0 Å². The van der Waals surface area contributed by atoms with Crippen molar-refractivity contribution < 1.29 is 5.11 Å². The molecule has 1 aliphatic heterocycles. The van der Waals surface area contributed by atoms with Gasteiger partial charge in [-0.2, -0.15) is 0 Å². The fourth-order valence-corrected chi connectivity index (χ4v) is 2.16. The van der Waals surface area contributed by atoms with Gasteiger partial charge in [0, 0.05) is 11.4 Å². The summed E-state index contributed by atoms with van der Waals surface area (Å²) < 4.78 is 0. The van der Waals surface area contributed by atoms with Crippen molar-refractivity contribution in [1.29, 1.82) is 0 Å². The summed E-state index contributed by atoms with van der Waals surface area (Å²) >= 11 is 0. The third kappa shape index (κ3) is 1.29. The number of hydrogen-bond donors (Lipinski definition) is 2. The predicted molar refractivity (Wildman–Crippen MR) is 61.0 cm³/mol. The summed E-state index contributed by atoms with van der Waals surface area (Å²) in [7, 11) is 0. The molecule has 0 aromatic heterocycles. The quantitative estimate of drug-likeness (QED) is 0.739. The Balaban J connectivity index is 2.25. The van der Waals surface area contributed by atoms with Crippen LogP contribution in [-0.4, -0.2) is 11.7 Å². The van der Waals surface area contributed by atoms with Crippen molar-refractivity contribution in [3.63, 3.8) is 0 Å². The van der Waals surface area contributed by atoms with Crippen LogP contribution in [0.5, 0.6) is 5.75 Å². The van der Waals surface area contributed by atoms with Crippen LogP contribution in [-0.2, 0) is 0 Å². The number of phenols is 1. The van der Waals surface area contributed by atoms with E-state index in [1.165, 1.54) is 12.0 Å². The predicted octanol–water partition coefficient (Wildman–Crippen LogP) is 2.58. The minimum absolute atomic E-state index is 0.369. The maximum Gasteiger partial charge on any atom is 0.123 e. The lowest BCUT2D eigenvalue weighted by molar-refractivity contribution is 0.385. The zero-order valence-electron chi connectivity index (χ0n) is 8.40. The van der Waals surface area contributed by atoms with Crippen LogP contribution in [0.3, 0.4) is 0 Å². The van der Waals surface area contributed by atoms with Crippen LogP contribution in [0.2, 0.25) is 0 Å². The monoisotopic (exact) mass is 199 g/mol. The van der Waals surface area contributed by atoms with Gasteiger partial charge < -0.3 is 10.4 Å². The number of phenolic OH excluding ortho intramolecular Hbond substituents is 1. The lowest BCUT2D eigenvalue weighted by Crippen LogP contribution is -2.34. The molecule has 2 N–H and O–H groups in total. The highest BCUT2D eigenvalue weighted by atomic mass is 16.3. The van der Waals surface area contributed by atoms with E-state index in [4.69, 9.17) is 0 Å². The Morgan fingerprint density at radius 1 is 1.07 bits per heavy atom. The van der Waals surface area contributed by atoms with Gasteiger partial charge in [-0.3, -0.25) is 0 Å². The molecule has 2 aromatic rings. The van der Waals surface area contributed by atoms with Gasteiger partial charge in [0.25, 0.3) is 0 Å². The van der Waals surface area contributed by atoms with Crippen LogP contribution in [0.15, 0.2) is 36.4 Å². The fourth-order valence-electron chi connectivity index (χ4n) is 2.16. The molecule has 1 fully saturated rings. The molecular formula is C13H13NO. The number of rotatable bonds is 1. The standard InChI is InChI=1S/C13H13NO/c15-13-6-5-10(12-7-8-14-12)9-3-1-2-4-11(9)13/h1-6,12,14-15H,7-8H2/t12-/m0/s1. The van der Waals surface area contributed by atoms with E-state index < -0.39 is 0 Å². The normalized spacial score (nSPS) is 20.1. The van der Waals surface area contributed by atoms with Gasteiger partial charge in [-0.15, -0.1) is 0 Å². The summed E-state index contributed by atoms with van der Waals surface area (Å²) in [5.74, 6) is 0.369. The van der Waals surface area contributed by atoms with E-state index in [-0.39, 0.29) is 0 Å².